The molecule has 285 valence electrons. The topological polar surface area (TPSA) is 56.7 Å². The Hall–Kier alpha value is -6.24. The van der Waals surface area contributed by atoms with E-state index in [1.807, 2.05) is 55.6 Å². The van der Waals surface area contributed by atoms with Gasteiger partial charge in [0, 0.05) is 48.5 Å². The number of fused-ring (bicyclic) bond motifs is 4. The van der Waals surface area contributed by atoms with Crippen LogP contribution in [-0.2, 0) is 20.1 Å². The van der Waals surface area contributed by atoms with Crippen LogP contribution in [0.3, 0.4) is 0 Å². The molecule has 10 aromatic rings. The molecule has 7 heteroatoms. The van der Waals surface area contributed by atoms with Gasteiger partial charge in [0.2, 0.25) is 5.71 Å². The van der Waals surface area contributed by atoms with E-state index in [1.54, 1.807) is 0 Å². The number of aryl methyl sites for hydroxylation is 1. The van der Waals surface area contributed by atoms with Gasteiger partial charge in [0.05, 0.1) is 36.2 Å². The Morgan fingerprint density at radius 2 is 1.31 bits per heavy atom. The first kappa shape index (κ1) is 38.6. The summed E-state index contributed by atoms with van der Waals surface area (Å²) in [5.41, 5.74) is 12.9. The monoisotopic (exact) mass is 945 g/mol. The number of pyridine rings is 2. The minimum absolute atomic E-state index is 0. The smallest absolute Gasteiger partial charge is 0.216 e. The van der Waals surface area contributed by atoms with E-state index >= 15 is 0 Å². The zero-order valence-electron chi connectivity index (χ0n) is 32.7. The second-order valence-corrected chi connectivity index (χ2v) is 20.3. The second-order valence-electron chi connectivity index (χ2n) is 15.2. The molecule has 6 aromatic carbocycles. The largest absolute Gasteiger partial charge is 0.486 e. The van der Waals surface area contributed by atoms with Crippen LogP contribution < -0.4 is 5.19 Å². The molecule has 5 nitrogen and oxygen atoms in total. The third-order valence-corrected chi connectivity index (χ3v) is 12.3. The summed E-state index contributed by atoms with van der Waals surface area (Å²) in [4.78, 5) is 14.3. The first-order chi connectivity index (χ1) is 27.8. The molecule has 0 amide bonds. The maximum Gasteiger partial charge on any atom is 0.216 e. The molecule has 4 aromatic heterocycles. The van der Waals surface area contributed by atoms with Crippen LogP contribution in [0.25, 0.3) is 83.7 Å². The van der Waals surface area contributed by atoms with Crippen molar-refractivity contribution in [2.45, 2.75) is 26.6 Å². The molecule has 0 N–H and O–H groups in total. The molecular formula is C51H40IrN4OSi-2. The molecule has 0 unspecified atom stereocenters. The van der Waals surface area contributed by atoms with Crippen molar-refractivity contribution < 1.29 is 24.5 Å². The van der Waals surface area contributed by atoms with Gasteiger partial charge in [0.15, 0.2) is 0 Å². The predicted octanol–water partition coefficient (Wildman–Crippen LogP) is 12.5. The molecule has 0 fully saturated rings. The average molecular weight is 945 g/mol. The van der Waals surface area contributed by atoms with Crippen molar-refractivity contribution in [1.29, 1.82) is 0 Å². The van der Waals surface area contributed by atoms with Crippen molar-refractivity contribution in [3.05, 3.63) is 188 Å². The van der Waals surface area contributed by atoms with Gasteiger partial charge >= 0.3 is 0 Å². The van der Waals surface area contributed by atoms with Crippen molar-refractivity contribution in [1.82, 2.24) is 19.5 Å². The van der Waals surface area contributed by atoms with E-state index in [2.05, 4.69) is 168 Å². The Kier molecular flexibility index (Phi) is 10.9. The van der Waals surface area contributed by atoms with Crippen LogP contribution in [-0.4, -0.2) is 27.6 Å². The van der Waals surface area contributed by atoms with Crippen LogP contribution in [0.2, 0.25) is 19.6 Å². The number of nitrogens with zero attached hydrogens (tertiary/aromatic N) is 4. The van der Waals surface area contributed by atoms with Crippen molar-refractivity contribution in [3.63, 3.8) is 0 Å². The van der Waals surface area contributed by atoms with E-state index in [4.69, 9.17) is 9.40 Å². The average Bonchev–Trinajstić information content (AvgIpc) is 3.82. The van der Waals surface area contributed by atoms with Crippen molar-refractivity contribution >= 4 is 46.4 Å². The molecule has 0 aliphatic heterocycles. The van der Waals surface area contributed by atoms with E-state index in [9.17, 15) is 0 Å². The zero-order chi connectivity index (χ0) is 38.9. The summed E-state index contributed by atoms with van der Waals surface area (Å²) in [6.45, 7) is 8.97. The van der Waals surface area contributed by atoms with Gasteiger partial charge in [-0.25, -0.2) is 4.98 Å². The van der Waals surface area contributed by atoms with Crippen LogP contribution in [0.5, 0.6) is 0 Å². The normalized spacial score (nSPS) is 11.3. The Morgan fingerprint density at radius 3 is 1.97 bits per heavy atom. The number of para-hydroxylation sites is 3. The number of hydrogen-bond donors (Lipinski definition) is 0. The van der Waals surface area contributed by atoms with Crippen LogP contribution in [0.4, 0.5) is 0 Å². The Labute approximate surface area is 353 Å². The number of imidazole rings is 1. The first-order valence-electron chi connectivity index (χ1n) is 19.2. The van der Waals surface area contributed by atoms with E-state index in [0.717, 1.165) is 83.7 Å². The summed E-state index contributed by atoms with van der Waals surface area (Å²) in [5, 5.41) is 3.38. The molecule has 0 aliphatic carbocycles. The van der Waals surface area contributed by atoms with E-state index in [1.165, 1.54) is 5.19 Å². The predicted molar refractivity (Wildman–Crippen MR) is 238 cm³/mol. The zero-order valence-corrected chi connectivity index (χ0v) is 36.1. The third-order valence-electron chi connectivity index (χ3n) is 10.3. The molecule has 0 atom stereocenters. The van der Waals surface area contributed by atoms with Gasteiger partial charge in [-0.05, 0) is 53.2 Å². The number of hydrogen-bond acceptors (Lipinski definition) is 4. The molecular weight excluding hydrogens is 905 g/mol. The molecule has 0 aliphatic rings. The number of furan rings is 1. The summed E-state index contributed by atoms with van der Waals surface area (Å²) >= 11 is 0. The fraction of sp³-hybridized carbons (Fsp3) is 0.0784. The van der Waals surface area contributed by atoms with Crippen LogP contribution in [0, 0.1) is 19.1 Å². The summed E-state index contributed by atoms with van der Waals surface area (Å²) in [5.74, 6) is 0.822. The summed E-state index contributed by atoms with van der Waals surface area (Å²) in [6.07, 6.45) is 2.02. The molecule has 0 saturated heterocycles. The Morgan fingerprint density at radius 1 is 0.621 bits per heavy atom. The van der Waals surface area contributed by atoms with Crippen molar-refractivity contribution in [2.24, 2.45) is 0 Å². The SMILES string of the molecule is C[Si](C)(C)c1ccc(-c2[c-]cccc2)nc1.Cc1ccc2c(n1)oc1c[c-]c(-c3nc4ccccc4n3-c3c(-c4ccccc4)cccc3-c3ccccc3)cc12.[Ir]. The standard InChI is InChI=1S/C37H24N3O.C14H16NSi.Ir/c1-24-19-21-30-31-23-27(20-22-34(31)41-37(30)38-24)36-39-32-17-8-9-18-33(32)40(36)35-28(25-11-4-2-5-12-25)15-10-16-29(35)26-13-6-3-7-14-26;1-16(2,3)13-9-10-14(15-11-13)12-7-5-4-6-8-12;/h2-19,21-23H,1H3;4-7,9-11H,1-3H3;/q2*-1;. The van der Waals surface area contributed by atoms with Gasteiger partial charge in [-0.3, -0.25) is 4.98 Å². The Balaban J connectivity index is 0.000000233. The number of aromatic nitrogens is 4. The fourth-order valence-corrected chi connectivity index (χ4v) is 8.33. The molecule has 1 radical (unpaired) electrons. The molecule has 58 heavy (non-hydrogen) atoms. The maximum absolute atomic E-state index is 6.08. The summed E-state index contributed by atoms with van der Waals surface area (Å²) < 4.78 is 8.38. The fourth-order valence-electron chi connectivity index (χ4n) is 7.29. The van der Waals surface area contributed by atoms with Crippen molar-refractivity contribution in [2.75, 3.05) is 0 Å². The van der Waals surface area contributed by atoms with E-state index < -0.39 is 8.07 Å². The van der Waals surface area contributed by atoms with Crippen LogP contribution in [0.15, 0.2) is 174 Å². The summed E-state index contributed by atoms with van der Waals surface area (Å²) in [6, 6.07) is 63.0. The molecule has 0 bridgehead atoms. The van der Waals surface area contributed by atoms with Gasteiger partial charge in [0.25, 0.3) is 0 Å². The van der Waals surface area contributed by atoms with Crippen molar-refractivity contribution in [3.8, 4) is 50.6 Å². The van der Waals surface area contributed by atoms with Gasteiger partial charge in [-0.15, -0.1) is 59.7 Å². The Bertz CT molecular complexity index is 2930. The quantitative estimate of drug-likeness (QED) is 0.123. The molecule has 4 heterocycles. The van der Waals surface area contributed by atoms with Crippen LogP contribution in [0.1, 0.15) is 5.69 Å². The maximum atomic E-state index is 6.08. The summed E-state index contributed by atoms with van der Waals surface area (Å²) in [7, 11) is -1.23. The van der Waals surface area contributed by atoms with Gasteiger partial charge in [0.1, 0.15) is 0 Å². The molecule has 0 saturated carbocycles. The van der Waals surface area contributed by atoms with Crippen LogP contribution >= 0.6 is 0 Å². The van der Waals surface area contributed by atoms with Gasteiger partial charge in [-0.1, -0.05) is 128 Å². The van der Waals surface area contributed by atoms with E-state index in [-0.39, 0.29) is 20.1 Å². The van der Waals surface area contributed by atoms with Gasteiger partial charge in [-0.2, -0.15) is 0 Å². The second kappa shape index (κ2) is 16.3. The van der Waals surface area contributed by atoms with E-state index in [0.29, 0.717) is 5.71 Å². The molecule has 0 spiro atoms. The molecule has 10 rings (SSSR count). The van der Waals surface area contributed by atoms with Gasteiger partial charge < -0.3 is 14.0 Å². The first-order valence-corrected chi connectivity index (χ1v) is 22.7. The minimum Gasteiger partial charge on any atom is -0.486 e. The number of benzene rings is 6. The number of rotatable bonds is 6. The minimum atomic E-state index is -1.23. The third kappa shape index (κ3) is 7.60.